The lowest BCUT2D eigenvalue weighted by Gasteiger charge is -2.31. The molecule has 0 radical (unpaired) electrons. The minimum absolute atomic E-state index is 0.768. The standard InChI is InChI=1S/C17H24N2O/c1-20-13-14-6-9-19(10-7-14)11-8-15-12-18-17-5-3-2-4-16(15)17/h2-5,12,14,18H,6-11,13H2,1H3. The summed E-state index contributed by atoms with van der Waals surface area (Å²) in [6, 6.07) is 8.57. The molecule has 0 aliphatic carbocycles. The fourth-order valence-corrected chi connectivity index (χ4v) is 3.23. The zero-order chi connectivity index (χ0) is 13.8. The Balaban J connectivity index is 1.53. The summed E-state index contributed by atoms with van der Waals surface area (Å²) in [5.74, 6) is 0.768. The third-order valence-electron chi connectivity index (χ3n) is 4.48. The van der Waals surface area contributed by atoms with E-state index in [0.29, 0.717) is 0 Å². The van der Waals surface area contributed by atoms with Crippen LogP contribution in [0.15, 0.2) is 30.5 Å². The summed E-state index contributed by atoms with van der Waals surface area (Å²) < 4.78 is 5.26. The number of hydrogen-bond donors (Lipinski definition) is 1. The lowest BCUT2D eigenvalue weighted by Crippen LogP contribution is -2.36. The third-order valence-corrected chi connectivity index (χ3v) is 4.48. The van der Waals surface area contributed by atoms with Crippen LogP contribution in [0.2, 0.25) is 0 Å². The Morgan fingerprint density at radius 1 is 1.25 bits per heavy atom. The zero-order valence-corrected chi connectivity index (χ0v) is 12.3. The number of rotatable bonds is 5. The molecule has 3 nitrogen and oxygen atoms in total. The molecule has 0 saturated carbocycles. The highest BCUT2D eigenvalue weighted by atomic mass is 16.5. The van der Waals surface area contributed by atoms with Crippen molar-refractivity contribution in [2.45, 2.75) is 19.3 Å². The van der Waals surface area contributed by atoms with Gasteiger partial charge in [-0.3, -0.25) is 0 Å². The Morgan fingerprint density at radius 2 is 2.05 bits per heavy atom. The first-order chi connectivity index (χ1) is 9.86. The maximum absolute atomic E-state index is 5.26. The third kappa shape index (κ3) is 3.05. The maximum atomic E-state index is 5.26. The zero-order valence-electron chi connectivity index (χ0n) is 12.3. The van der Waals surface area contributed by atoms with Crippen LogP contribution in [0.5, 0.6) is 0 Å². The molecule has 0 unspecified atom stereocenters. The first-order valence-corrected chi connectivity index (χ1v) is 7.63. The van der Waals surface area contributed by atoms with E-state index in [2.05, 4.69) is 40.3 Å². The van der Waals surface area contributed by atoms with Crippen LogP contribution in [0.3, 0.4) is 0 Å². The molecule has 2 aromatic rings. The highest BCUT2D eigenvalue weighted by Crippen LogP contribution is 2.20. The molecule has 1 saturated heterocycles. The van der Waals surface area contributed by atoms with Crippen LogP contribution in [-0.4, -0.2) is 43.2 Å². The predicted molar refractivity (Wildman–Crippen MR) is 83.0 cm³/mol. The average molecular weight is 272 g/mol. The number of aromatic nitrogens is 1. The predicted octanol–water partition coefficient (Wildman–Crippen LogP) is 3.07. The Morgan fingerprint density at radius 3 is 2.85 bits per heavy atom. The minimum Gasteiger partial charge on any atom is -0.384 e. The van der Waals surface area contributed by atoms with Gasteiger partial charge in [0, 0.05) is 37.4 Å². The number of benzene rings is 1. The van der Waals surface area contributed by atoms with E-state index in [1.807, 2.05) is 7.11 Å². The minimum atomic E-state index is 0.768. The van der Waals surface area contributed by atoms with E-state index in [0.717, 1.165) is 18.9 Å². The van der Waals surface area contributed by atoms with E-state index >= 15 is 0 Å². The van der Waals surface area contributed by atoms with E-state index in [-0.39, 0.29) is 0 Å². The summed E-state index contributed by atoms with van der Waals surface area (Å²) >= 11 is 0. The SMILES string of the molecule is COCC1CCN(CCc2c[nH]c3ccccc23)CC1. The topological polar surface area (TPSA) is 28.3 Å². The number of hydrogen-bond acceptors (Lipinski definition) is 2. The second kappa shape index (κ2) is 6.42. The van der Waals surface area contributed by atoms with Crippen molar-refractivity contribution in [1.82, 2.24) is 9.88 Å². The van der Waals surface area contributed by atoms with Gasteiger partial charge in [0.2, 0.25) is 0 Å². The van der Waals surface area contributed by atoms with Gasteiger partial charge in [-0.1, -0.05) is 18.2 Å². The van der Waals surface area contributed by atoms with E-state index < -0.39 is 0 Å². The Labute approximate surface area is 120 Å². The van der Waals surface area contributed by atoms with Crippen LogP contribution in [0, 0.1) is 5.92 Å². The van der Waals surface area contributed by atoms with Gasteiger partial charge in [-0.25, -0.2) is 0 Å². The number of nitrogens with one attached hydrogen (secondary N) is 1. The molecule has 1 aliphatic heterocycles. The van der Waals surface area contributed by atoms with Crippen molar-refractivity contribution in [3.05, 3.63) is 36.0 Å². The molecular weight excluding hydrogens is 248 g/mol. The molecule has 1 N–H and O–H groups in total. The van der Waals surface area contributed by atoms with Gasteiger partial charge >= 0.3 is 0 Å². The van der Waals surface area contributed by atoms with Crippen LogP contribution in [0.1, 0.15) is 18.4 Å². The number of ether oxygens (including phenoxy) is 1. The maximum Gasteiger partial charge on any atom is 0.0491 e. The summed E-state index contributed by atoms with van der Waals surface area (Å²) in [5.41, 5.74) is 2.70. The summed E-state index contributed by atoms with van der Waals surface area (Å²) in [6.07, 6.45) is 5.87. The number of nitrogens with zero attached hydrogens (tertiary/aromatic N) is 1. The monoisotopic (exact) mass is 272 g/mol. The van der Waals surface area contributed by atoms with Gasteiger partial charge in [-0.05, 0) is 49.9 Å². The van der Waals surface area contributed by atoms with Gasteiger partial charge in [-0.2, -0.15) is 0 Å². The number of para-hydroxylation sites is 1. The molecule has 0 amide bonds. The molecule has 108 valence electrons. The highest BCUT2D eigenvalue weighted by Gasteiger charge is 2.18. The molecule has 3 rings (SSSR count). The number of aromatic amines is 1. The molecule has 1 aromatic carbocycles. The molecule has 2 heterocycles. The van der Waals surface area contributed by atoms with Gasteiger partial charge < -0.3 is 14.6 Å². The summed E-state index contributed by atoms with van der Waals surface area (Å²) in [5, 5.41) is 1.38. The number of methoxy groups -OCH3 is 1. The van der Waals surface area contributed by atoms with Crippen molar-refractivity contribution >= 4 is 10.9 Å². The van der Waals surface area contributed by atoms with E-state index in [1.165, 1.54) is 48.9 Å². The molecule has 20 heavy (non-hydrogen) atoms. The Hall–Kier alpha value is -1.32. The van der Waals surface area contributed by atoms with Gasteiger partial charge in [0.05, 0.1) is 0 Å². The second-order valence-electron chi connectivity index (χ2n) is 5.85. The van der Waals surface area contributed by atoms with Crippen molar-refractivity contribution in [3.63, 3.8) is 0 Å². The van der Waals surface area contributed by atoms with Crippen LogP contribution in [-0.2, 0) is 11.2 Å². The van der Waals surface area contributed by atoms with Crippen LogP contribution in [0.4, 0.5) is 0 Å². The van der Waals surface area contributed by atoms with Gasteiger partial charge in [0.15, 0.2) is 0 Å². The smallest absolute Gasteiger partial charge is 0.0491 e. The van der Waals surface area contributed by atoms with Gasteiger partial charge in [0.1, 0.15) is 0 Å². The fourth-order valence-electron chi connectivity index (χ4n) is 3.23. The number of likely N-dealkylation sites (tertiary alicyclic amines) is 1. The molecule has 1 fully saturated rings. The number of fused-ring (bicyclic) bond motifs is 1. The Kier molecular flexibility index (Phi) is 4.38. The lowest BCUT2D eigenvalue weighted by molar-refractivity contribution is 0.100. The summed E-state index contributed by atoms with van der Waals surface area (Å²) in [6.45, 7) is 4.53. The summed E-state index contributed by atoms with van der Waals surface area (Å²) in [4.78, 5) is 5.96. The normalized spacial score (nSPS) is 17.9. The lowest BCUT2D eigenvalue weighted by atomic mass is 9.97. The largest absolute Gasteiger partial charge is 0.384 e. The van der Waals surface area contributed by atoms with Crippen molar-refractivity contribution in [2.24, 2.45) is 5.92 Å². The average Bonchev–Trinajstić information content (AvgIpc) is 2.90. The molecule has 0 spiro atoms. The van der Waals surface area contributed by atoms with Crippen LogP contribution < -0.4 is 0 Å². The first-order valence-electron chi connectivity index (χ1n) is 7.63. The molecule has 1 aromatic heterocycles. The van der Waals surface area contributed by atoms with E-state index in [4.69, 9.17) is 4.74 Å². The molecule has 3 heteroatoms. The highest BCUT2D eigenvalue weighted by molar-refractivity contribution is 5.83. The molecule has 0 bridgehead atoms. The quantitative estimate of drug-likeness (QED) is 0.906. The van der Waals surface area contributed by atoms with Crippen molar-refractivity contribution in [2.75, 3.05) is 33.4 Å². The van der Waals surface area contributed by atoms with E-state index in [9.17, 15) is 0 Å². The van der Waals surface area contributed by atoms with E-state index in [1.54, 1.807) is 0 Å². The number of piperidine rings is 1. The van der Waals surface area contributed by atoms with Crippen molar-refractivity contribution in [3.8, 4) is 0 Å². The Bertz CT molecular complexity index is 541. The van der Waals surface area contributed by atoms with Crippen molar-refractivity contribution < 1.29 is 4.74 Å². The van der Waals surface area contributed by atoms with Crippen LogP contribution in [0.25, 0.3) is 10.9 Å². The van der Waals surface area contributed by atoms with Crippen LogP contribution >= 0.6 is 0 Å². The van der Waals surface area contributed by atoms with Gasteiger partial charge in [-0.15, -0.1) is 0 Å². The number of H-pyrrole nitrogens is 1. The van der Waals surface area contributed by atoms with Crippen molar-refractivity contribution in [1.29, 1.82) is 0 Å². The molecular formula is C17H24N2O. The molecule has 1 aliphatic rings. The van der Waals surface area contributed by atoms with Gasteiger partial charge in [0.25, 0.3) is 0 Å². The summed E-state index contributed by atoms with van der Waals surface area (Å²) in [7, 11) is 1.81. The fraction of sp³-hybridized carbons (Fsp3) is 0.529. The molecule has 0 atom stereocenters. The second-order valence-corrected chi connectivity index (χ2v) is 5.85. The first kappa shape index (κ1) is 13.7.